The van der Waals surface area contributed by atoms with Crippen LogP contribution in [0.3, 0.4) is 0 Å². The summed E-state index contributed by atoms with van der Waals surface area (Å²) in [6, 6.07) is 11.8. The summed E-state index contributed by atoms with van der Waals surface area (Å²) < 4.78 is 43.4. The molecule has 1 N–H and O–H groups in total. The Labute approximate surface area is 179 Å². The molecule has 0 saturated heterocycles. The number of carbonyl (C=O) groups is 1. The van der Waals surface area contributed by atoms with Crippen LogP contribution in [0.4, 0.5) is 0 Å². The summed E-state index contributed by atoms with van der Waals surface area (Å²) in [4.78, 5) is 17.8. The van der Waals surface area contributed by atoms with Crippen LogP contribution in [-0.2, 0) is 23.8 Å². The van der Waals surface area contributed by atoms with Crippen molar-refractivity contribution in [3.63, 3.8) is 0 Å². The highest BCUT2D eigenvalue weighted by Gasteiger charge is 2.33. The molecule has 2 aromatic rings. The Morgan fingerprint density at radius 1 is 1.00 bits per heavy atom. The van der Waals surface area contributed by atoms with E-state index in [-0.39, 0.29) is 0 Å². The van der Waals surface area contributed by atoms with E-state index in [4.69, 9.17) is 34.8 Å². The monoisotopic (exact) mass is 459 g/mol. The standard InChI is InChI=1S/C19H22ClNO8S/c1-25-14-8-10-16(11-9-14)29-21-17(12-27-30(3,23)24)18(19(22)26-2)28-15-6-4-13(20)5-7-15/h4-11,17-18,21H,12H2,1-3H3/t17-,18+/m1/s1. The first-order chi connectivity index (χ1) is 14.2. The number of hydrogen-bond acceptors (Lipinski definition) is 9. The van der Waals surface area contributed by atoms with Gasteiger partial charge in [-0.15, -0.1) is 5.48 Å². The zero-order chi connectivity index (χ0) is 22.1. The van der Waals surface area contributed by atoms with Crippen molar-refractivity contribution in [2.24, 2.45) is 0 Å². The molecule has 0 radical (unpaired) electrons. The second-order valence-electron chi connectivity index (χ2n) is 6.01. The van der Waals surface area contributed by atoms with Crippen molar-refractivity contribution < 1.29 is 36.4 Å². The van der Waals surface area contributed by atoms with Gasteiger partial charge in [-0.25, -0.2) is 4.79 Å². The lowest BCUT2D eigenvalue weighted by atomic mass is 10.2. The number of benzene rings is 2. The van der Waals surface area contributed by atoms with E-state index in [2.05, 4.69) is 5.48 Å². The van der Waals surface area contributed by atoms with Crippen LogP contribution in [0, 0.1) is 0 Å². The van der Waals surface area contributed by atoms with E-state index >= 15 is 0 Å². The molecule has 2 rings (SSSR count). The van der Waals surface area contributed by atoms with Gasteiger partial charge in [0.1, 0.15) is 23.3 Å². The van der Waals surface area contributed by atoms with Crippen LogP contribution in [0.15, 0.2) is 48.5 Å². The normalized spacial score (nSPS) is 13.2. The van der Waals surface area contributed by atoms with Crippen molar-refractivity contribution >= 4 is 27.7 Å². The van der Waals surface area contributed by atoms with E-state index in [1.165, 1.54) is 14.2 Å². The van der Waals surface area contributed by atoms with Gasteiger partial charge in [-0.05, 0) is 48.5 Å². The maximum atomic E-state index is 12.4. The van der Waals surface area contributed by atoms with Crippen LogP contribution in [-0.4, -0.2) is 53.6 Å². The highest BCUT2D eigenvalue weighted by molar-refractivity contribution is 7.85. The molecule has 0 fully saturated rings. The maximum absolute atomic E-state index is 12.4. The minimum Gasteiger partial charge on any atom is -0.497 e. The highest BCUT2D eigenvalue weighted by atomic mass is 35.5. The Hall–Kier alpha value is -2.53. The predicted octanol–water partition coefficient (Wildman–Crippen LogP) is 2.20. The van der Waals surface area contributed by atoms with Crippen molar-refractivity contribution in [2.75, 3.05) is 27.1 Å². The Bertz CT molecular complexity index is 919. The molecule has 0 aliphatic carbocycles. The number of hydroxylamine groups is 1. The quantitative estimate of drug-likeness (QED) is 0.307. The molecule has 9 nitrogen and oxygen atoms in total. The van der Waals surface area contributed by atoms with Crippen LogP contribution in [0.5, 0.6) is 17.2 Å². The molecule has 164 valence electrons. The van der Waals surface area contributed by atoms with Gasteiger partial charge in [0.05, 0.1) is 27.1 Å². The van der Waals surface area contributed by atoms with Crippen LogP contribution >= 0.6 is 11.6 Å². The summed E-state index contributed by atoms with van der Waals surface area (Å²) >= 11 is 5.86. The number of ether oxygens (including phenoxy) is 3. The number of rotatable bonds is 11. The van der Waals surface area contributed by atoms with Gasteiger partial charge in [0, 0.05) is 5.02 Å². The molecule has 2 atom stereocenters. The number of halogens is 1. The Morgan fingerprint density at radius 3 is 2.10 bits per heavy atom. The Balaban J connectivity index is 2.21. The summed E-state index contributed by atoms with van der Waals surface area (Å²) in [7, 11) is -1.08. The fourth-order valence-electron chi connectivity index (χ4n) is 2.24. The predicted molar refractivity (Wildman–Crippen MR) is 109 cm³/mol. The van der Waals surface area contributed by atoms with Crippen molar-refractivity contribution in [1.82, 2.24) is 5.48 Å². The number of carbonyl (C=O) groups excluding carboxylic acids is 1. The third-order valence-corrected chi connectivity index (χ3v) is 4.54. The largest absolute Gasteiger partial charge is 0.497 e. The first-order valence-electron chi connectivity index (χ1n) is 8.62. The molecule has 0 aromatic heterocycles. The molecule has 0 spiro atoms. The summed E-state index contributed by atoms with van der Waals surface area (Å²) in [5.41, 5.74) is 2.61. The van der Waals surface area contributed by atoms with Crippen molar-refractivity contribution in [1.29, 1.82) is 0 Å². The first-order valence-corrected chi connectivity index (χ1v) is 10.8. The van der Waals surface area contributed by atoms with E-state index in [9.17, 15) is 13.2 Å². The Kier molecular flexibility index (Phi) is 8.72. The van der Waals surface area contributed by atoms with Gasteiger partial charge in [0.25, 0.3) is 10.1 Å². The zero-order valence-corrected chi connectivity index (χ0v) is 18.1. The molecular weight excluding hydrogens is 438 g/mol. The summed E-state index contributed by atoms with van der Waals surface area (Å²) in [6.45, 7) is -0.456. The number of methoxy groups -OCH3 is 2. The summed E-state index contributed by atoms with van der Waals surface area (Å²) in [6.07, 6.45) is -0.405. The molecule has 0 unspecified atom stereocenters. The van der Waals surface area contributed by atoms with Gasteiger partial charge in [-0.2, -0.15) is 8.42 Å². The van der Waals surface area contributed by atoms with Gasteiger partial charge in [-0.3, -0.25) is 4.18 Å². The average Bonchev–Trinajstić information content (AvgIpc) is 2.73. The zero-order valence-electron chi connectivity index (χ0n) is 16.5. The number of hydrogen-bond donors (Lipinski definition) is 1. The molecule has 0 bridgehead atoms. The van der Waals surface area contributed by atoms with Gasteiger partial charge in [0.2, 0.25) is 6.10 Å². The molecule has 2 aromatic carbocycles. The lowest BCUT2D eigenvalue weighted by Crippen LogP contribution is -2.52. The second kappa shape index (κ2) is 11.0. The van der Waals surface area contributed by atoms with E-state index in [0.29, 0.717) is 22.3 Å². The lowest BCUT2D eigenvalue weighted by Gasteiger charge is -2.26. The van der Waals surface area contributed by atoms with Gasteiger partial charge >= 0.3 is 5.97 Å². The third kappa shape index (κ3) is 7.71. The molecule has 0 saturated carbocycles. The summed E-state index contributed by atoms with van der Waals surface area (Å²) in [5.74, 6) is 0.552. The fourth-order valence-corrected chi connectivity index (χ4v) is 2.76. The van der Waals surface area contributed by atoms with E-state index in [1.54, 1.807) is 48.5 Å². The number of nitrogens with one attached hydrogen (secondary N) is 1. The topological polar surface area (TPSA) is 109 Å². The van der Waals surface area contributed by atoms with Crippen LogP contribution in [0.2, 0.25) is 5.02 Å². The number of esters is 1. The van der Waals surface area contributed by atoms with Gasteiger partial charge < -0.3 is 19.0 Å². The van der Waals surface area contributed by atoms with Crippen LogP contribution in [0.1, 0.15) is 0 Å². The van der Waals surface area contributed by atoms with Crippen LogP contribution in [0.25, 0.3) is 0 Å². The molecule has 0 aliphatic heterocycles. The molecule has 0 amide bonds. The average molecular weight is 460 g/mol. The van der Waals surface area contributed by atoms with Crippen molar-refractivity contribution in [2.45, 2.75) is 12.1 Å². The van der Waals surface area contributed by atoms with Gasteiger partial charge in [0.15, 0.2) is 0 Å². The minimum atomic E-state index is -3.79. The second-order valence-corrected chi connectivity index (χ2v) is 8.09. The van der Waals surface area contributed by atoms with Crippen molar-refractivity contribution in [3.05, 3.63) is 53.6 Å². The fraction of sp³-hybridized carbons (Fsp3) is 0.316. The molecule has 0 aliphatic rings. The SMILES string of the molecule is COC(=O)[C@@H](Oc1ccc(Cl)cc1)[C@@H](COS(C)(=O)=O)NOc1ccc(OC)cc1. The molecular formula is C19H22ClNO8S. The van der Waals surface area contributed by atoms with Gasteiger partial charge in [-0.1, -0.05) is 11.6 Å². The molecule has 30 heavy (non-hydrogen) atoms. The maximum Gasteiger partial charge on any atom is 0.348 e. The first kappa shape index (κ1) is 23.7. The minimum absolute atomic E-state index is 0.311. The van der Waals surface area contributed by atoms with E-state index < -0.39 is 34.8 Å². The molecule has 11 heteroatoms. The highest BCUT2D eigenvalue weighted by Crippen LogP contribution is 2.20. The Morgan fingerprint density at radius 2 is 1.57 bits per heavy atom. The summed E-state index contributed by atoms with van der Waals surface area (Å²) in [5, 5.41) is 0.481. The smallest absolute Gasteiger partial charge is 0.348 e. The van der Waals surface area contributed by atoms with E-state index in [1.807, 2.05) is 0 Å². The lowest BCUT2D eigenvalue weighted by molar-refractivity contribution is -0.152. The van der Waals surface area contributed by atoms with E-state index in [0.717, 1.165) is 6.26 Å². The van der Waals surface area contributed by atoms with Crippen molar-refractivity contribution in [3.8, 4) is 17.2 Å². The van der Waals surface area contributed by atoms with Crippen LogP contribution < -0.4 is 19.8 Å². The molecule has 0 heterocycles. The third-order valence-electron chi connectivity index (χ3n) is 3.72.